The normalized spacial score (nSPS) is 14.8. The van der Waals surface area contributed by atoms with Crippen LogP contribution in [0.4, 0.5) is 4.39 Å². The van der Waals surface area contributed by atoms with Gasteiger partial charge in [-0.3, -0.25) is 25.2 Å². The van der Waals surface area contributed by atoms with Crippen LogP contribution in [0, 0.1) is 11.7 Å². The molecule has 3 amide bonds. The molecule has 0 atom stereocenters. The van der Waals surface area contributed by atoms with Gasteiger partial charge < -0.3 is 5.32 Å². The Hall–Kier alpha value is -2.44. The number of amides is 3. The first-order valence-electron chi connectivity index (χ1n) is 7.69. The molecule has 0 aliphatic heterocycles. The highest BCUT2D eigenvalue weighted by molar-refractivity contribution is 5.95. The van der Waals surface area contributed by atoms with E-state index < -0.39 is 17.6 Å². The molecule has 1 aliphatic carbocycles. The topological polar surface area (TPSA) is 87.3 Å². The molecule has 0 radical (unpaired) electrons. The van der Waals surface area contributed by atoms with Gasteiger partial charge in [0, 0.05) is 11.5 Å². The summed E-state index contributed by atoms with van der Waals surface area (Å²) in [4.78, 5) is 35.2. The van der Waals surface area contributed by atoms with Gasteiger partial charge >= 0.3 is 0 Å². The van der Waals surface area contributed by atoms with Crippen molar-refractivity contribution >= 4 is 17.7 Å². The molecule has 7 heteroatoms. The number of hydrogen-bond acceptors (Lipinski definition) is 3. The van der Waals surface area contributed by atoms with E-state index in [1.54, 1.807) is 0 Å². The summed E-state index contributed by atoms with van der Waals surface area (Å²) in [5.41, 5.74) is 4.64. The van der Waals surface area contributed by atoms with Crippen LogP contribution in [0.3, 0.4) is 0 Å². The largest absolute Gasteiger partial charge is 0.347 e. The predicted molar refractivity (Wildman–Crippen MR) is 81.6 cm³/mol. The van der Waals surface area contributed by atoms with Crippen LogP contribution in [0.25, 0.3) is 0 Å². The summed E-state index contributed by atoms with van der Waals surface area (Å²) in [6, 6.07) is 4.92. The number of carbonyl (C=O) groups is 3. The second kappa shape index (κ2) is 8.26. The number of halogens is 1. The molecule has 0 aromatic heterocycles. The summed E-state index contributed by atoms with van der Waals surface area (Å²) in [7, 11) is 0. The highest BCUT2D eigenvalue weighted by Gasteiger charge is 2.21. The predicted octanol–water partition coefficient (Wildman–Crippen LogP) is 1.28. The second-order valence-electron chi connectivity index (χ2n) is 5.56. The van der Waals surface area contributed by atoms with E-state index in [-0.39, 0.29) is 23.9 Å². The molecule has 124 valence electrons. The Morgan fingerprint density at radius 3 is 2.30 bits per heavy atom. The standard InChI is InChI=1S/C16H20FN3O3/c17-13-8-6-12(7-9-13)16(23)20-19-14(21)10-18-15(22)11-4-2-1-3-5-11/h6-9,11H,1-5,10H2,(H,18,22)(H,19,21)(H,20,23). The molecule has 1 aromatic rings. The third kappa shape index (κ3) is 5.36. The van der Waals surface area contributed by atoms with Crippen LogP contribution in [0.15, 0.2) is 24.3 Å². The molecule has 0 unspecified atom stereocenters. The van der Waals surface area contributed by atoms with E-state index >= 15 is 0 Å². The van der Waals surface area contributed by atoms with Gasteiger partial charge in [0.25, 0.3) is 11.8 Å². The summed E-state index contributed by atoms with van der Waals surface area (Å²) in [6.07, 6.45) is 4.94. The van der Waals surface area contributed by atoms with Gasteiger partial charge in [-0.05, 0) is 37.1 Å². The Balaban J connectivity index is 1.69. The van der Waals surface area contributed by atoms with Crippen molar-refractivity contribution in [2.24, 2.45) is 5.92 Å². The Morgan fingerprint density at radius 2 is 1.65 bits per heavy atom. The highest BCUT2D eigenvalue weighted by Crippen LogP contribution is 2.23. The lowest BCUT2D eigenvalue weighted by atomic mass is 9.89. The van der Waals surface area contributed by atoms with Gasteiger partial charge in [0.15, 0.2) is 0 Å². The summed E-state index contributed by atoms with van der Waals surface area (Å²) >= 11 is 0. The quantitative estimate of drug-likeness (QED) is 0.730. The van der Waals surface area contributed by atoms with Crippen molar-refractivity contribution < 1.29 is 18.8 Å². The molecule has 2 rings (SSSR count). The molecule has 1 saturated carbocycles. The zero-order valence-electron chi connectivity index (χ0n) is 12.7. The van der Waals surface area contributed by atoms with E-state index in [2.05, 4.69) is 16.2 Å². The average Bonchev–Trinajstić information content (AvgIpc) is 2.59. The van der Waals surface area contributed by atoms with E-state index in [1.165, 1.54) is 12.1 Å². The van der Waals surface area contributed by atoms with Gasteiger partial charge in [-0.1, -0.05) is 19.3 Å². The fourth-order valence-corrected chi connectivity index (χ4v) is 2.52. The van der Waals surface area contributed by atoms with Gasteiger partial charge in [-0.2, -0.15) is 0 Å². The van der Waals surface area contributed by atoms with Crippen LogP contribution >= 0.6 is 0 Å². The first-order valence-corrected chi connectivity index (χ1v) is 7.69. The van der Waals surface area contributed by atoms with Crippen molar-refractivity contribution in [3.8, 4) is 0 Å². The molecule has 1 aromatic carbocycles. The molecule has 0 spiro atoms. The molecular formula is C16H20FN3O3. The Morgan fingerprint density at radius 1 is 1.00 bits per heavy atom. The molecule has 3 N–H and O–H groups in total. The molecule has 1 fully saturated rings. The van der Waals surface area contributed by atoms with Gasteiger partial charge in [0.05, 0.1) is 6.54 Å². The van der Waals surface area contributed by atoms with E-state index in [0.717, 1.165) is 44.2 Å². The minimum atomic E-state index is -0.558. The van der Waals surface area contributed by atoms with E-state index in [0.29, 0.717) is 0 Å². The fourth-order valence-electron chi connectivity index (χ4n) is 2.52. The minimum Gasteiger partial charge on any atom is -0.347 e. The van der Waals surface area contributed by atoms with Crippen LogP contribution in [0.5, 0.6) is 0 Å². The fraction of sp³-hybridized carbons (Fsp3) is 0.438. The number of carbonyl (C=O) groups excluding carboxylic acids is 3. The summed E-state index contributed by atoms with van der Waals surface area (Å²) in [5.74, 6) is -1.67. The van der Waals surface area contributed by atoms with E-state index in [9.17, 15) is 18.8 Å². The number of nitrogens with one attached hydrogen (secondary N) is 3. The van der Waals surface area contributed by atoms with Crippen molar-refractivity contribution in [3.63, 3.8) is 0 Å². The monoisotopic (exact) mass is 321 g/mol. The van der Waals surface area contributed by atoms with Crippen LogP contribution < -0.4 is 16.2 Å². The lowest BCUT2D eigenvalue weighted by molar-refractivity contribution is -0.129. The van der Waals surface area contributed by atoms with E-state index in [1.807, 2.05) is 0 Å². The smallest absolute Gasteiger partial charge is 0.269 e. The zero-order chi connectivity index (χ0) is 16.7. The third-order valence-electron chi connectivity index (χ3n) is 3.82. The summed E-state index contributed by atoms with van der Waals surface area (Å²) in [5, 5.41) is 2.57. The van der Waals surface area contributed by atoms with Crippen molar-refractivity contribution in [1.82, 2.24) is 16.2 Å². The average molecular weight is 321 g/mol. The van der Waals surface area contributed by atoms with Gasteiger partial charge in [0.1, 0.15) is 5.82 Å². The molecule has 23 heavy (non-hydrogen) atoms. The number of hydrazine groups is 1. The van der Waals surface area contributed by atoms with Crippen LogP contribution in [0.2, 0.25) is 0 Å². The third-order valence-corrected chi connectivity index (χ3v) is 3.82. The first kappa shape index (κ1) is 16.9. The Bertz CT molecular complexity index is 568. The maximum absolute atomic E-state index is 12.8. The van der Waals surface area contributed by atoms with Crippen molar-refractivity contribution in [2.45, 2.75) is 32.1 Å². The second-order valence-corrected chi connectivity index (χ2v) is 5.56. The maximum Gasteiger partial charge on any atom is 0.269 e. The molecular weight excluding hydrogens is 301 g/mol. The highest BCUT2D eigenvalue weighted by atomic mass is 19.1. The molecule has 0 saturated heterocycles. The molecule has 1 aliphatic rings. The van der Waals surface area contributed by atoms with Gasteiger partial charge in [-0.25, -0.2) is 4.39 Å². The number of hydrogen-bond donors (Lipinski definition) is 3. The molecule has 0 bridgehead atoms. The van der Waals surface area contributed by atoms with Crippen LogP contribution in [-0.2, 0) is 9.59 Å². The lowest BCUT2D eigenvalue weighted by Gasteiger charge is -2.20. The van der Waals surface area contributed by atoms with Crippen LogP contribution in [0.1, 0.15) is 42.5 Å². The van der Waals surface area contributed by atoms with Crippen molar-refractivity contribution in [1.29, 1.82) is 0 Å². The van der Waals surface area contributed by atoms with Crippen molar-refractivity contribution in [3.05, 3.63) is 35.6 Å². The zero-order valence-corrected chi connectivity index (χ0v) is 12.7. The Labute approximate surface area is 133 Å². The van der Waals surface area contributed by atoms with Crippen molar-refractivity contribution in [2.75, 3.05) is 6.54 Å². The number of benzene rings is 1. The van der Waals surface area contributed by atoms with E-state index in [4.69, 9.17) is 0 Å². The number of rotatable bonds is 4. The first-order chi connectivity index (χ1) is 11.1. The maximum atomic E-state index is 12.8. The molecule has 6 nitrogen and oxygen atoms in total. The van der Waals surface area contributed by atoms with Gasteiger partial charge in [0.2, 0.25) is 5.91 Å². The Kier molecular flexibility index (Phi) is 6.08. The minimum absolute atomic E-state index is 0.0228. The van der Waals surface area contributed by atoms with Gasteiger partial charge in [-0.15, -0.1) is 0 Å². The lowest BCUT2D eigenvalue weighted by Crippen LogP contribution is -2.47. The molecule has 0 heterocycles. The SMILES string of the molecule is O=C(CNC(=O)C1CCCCC1)NNC(=O)c1ccc(F)cc1. The van der Waals surface area contributed by atoms with Crippen LogP contribution in [-0.4, -0.2) is 24.3 Å². The summed E-state index contributed by atoms with van der Waals surface area (Å²) in [6.45, 7) is -0.195. The summed E-state index contributed by atoms with van der Waals surface area (Å²) < 4.78 is 12.8.